The first-order valence-corrected chi connectivity index (χ1v) is 11.5. The molecular weight excluding hydrogens is 366 g/mol. The van der Waals surface area contributed by atoms with Crippen LogP contribution in [0.4, 0.5) is 0 Å². The topological polar surface area (TPSA) is 93.5 Å². The number of aliphatic hydroxyl groups is 3. The van der Waals surface area contributed by atoms with Crippen molar-refractivity contribution in [3.05, 3.63) is 34.2 Å². The van der Waals surface area contributed by atoms with Crippen LogP contribution in [-0.2, 0) is 5.60 Å². The molecule has 29 heavy (non-hydrogen) atoms. The van der Waals surface area contributed by atoms with Gasteiger partial charge in [-0.3, -0.25) is 4.79 Å². The van der Waals surface area contributed by atoms with Crippen LogP contribution in [0.3, 0.4) is 0 Å². The van der Waals surface area contributed by atoms with Gasteiger partial charge in [-0.1, -0.05) is 13.8 Å². The minimum absolute atomic E-state index is 0.170. The van der Waals surface area contributed by atoms with Crippen molar-refractivity contribution in [1.29, 1.82) is 0 Å². The first-order valence-electron chi connectivity index (χ1n) is 11.5. The van der Waals surface area contributed by atoms with Crippen LogP contribution in [0.15, 0.2) is 23.1 Å². The summed E-state index contributed by atoms with van der Waals surface area (Å²) in [6, 6.07) is 3.30. The summed E-state index contributed by atoms with van der Waals surface area (Å²) in [5.74, 6) is 1.15. The zero-order valence-electron chi connectivity index (χ0n) is 17.7. The second kappa shape index (κ2) is 6.18. The summed E-state index contributed by atoms with van der Waals surface area (Å²) >= 11 is 0. The SMILES string of the molecule is C[C@]12CCC(O)CC1CC[C@@H]1[C@H]2CC[C@]2(C)C(O)(c3cc[nH]c(=O)c3)CC[C@@]12O. The van der Waals surface area contributed by atoms with E-state index in [1.807, 2.05) is 0 Å². The number of H-pyrrole nitrogens is 1. The van der Waals surface area contributed by atoms with Gasteiger partial charge in [-0.2, -0.15) is 0 Å². The Hall–Kier alpha value is -1.17. The number of nitrogens with one attached hydrogen (secondary N) is 1. The summed E-state index contributed by atoms with van der Waals surface area (Å²) in [6.07, 6.45) is 9.07. The molecule has 1 heterocycles. The van der Waals surface area contributed by atoms with Crippen LogP contribution in [0, 0.1) is 28.6 Å². The number of aromatic amines is 1. The van der Waals surface area contributed by atoms with Crippen molar-refractivity contribution in [2.75, 3.05) is 0 Å². The molecule has 4 fully saturated rings. The zero-order valence-corrected chi connectivity index (χ0v) is 17.7. The maximum atomic E-state index is 12.2. The second-order valence-electron chi connectivity index (χ2n) is 11.0. The van der Waals surface area contributed by atoms with E-state index in [1.54, 1.807) is 12.3 Å². The fraction of sp³-hybridized carbons (Fsp3) is 0.792. The second-order valence-corrected chi connectivity index (χ2v) is 11.0. The van der Waals surface area contributed by atoms with E-state index in [2.05, 4.69) is 18.8 Å². The van der Waals surface area contributed by atoms with Crippen molar-refractivity contribution in [3.63, 3.8) is 0 Å². The lowest BCUT2D eigenvalue weighted by atomic mass is 9.43. The number of rotatable bonds is 1. The quantitative estimate of drug-likeness (QED) is 0.582. The molecule has 0 saturated heterocycles. The van der Waals surface area contributed by atoms with Crippen molar-refractivity contribution < 1.29 is 15.3 Å². The van der Waals surface area contributed by atoms with Crippen molar-refractivity contribution >= 4 is 0 Å². The van der Waals surface area contributed by atoms with E-state index < -0.39 is 16.6 Å². The third-order valence-electron chi connectivity index (χ3n) is 10.2. The molecule has 4 aliphatic carbocycles. The van der Waals surface area contributed by atoms with Gasteiger partial charge >= 0.3 is 0 Å². The summed E-state index contributed by atoms with van der Waals surface area (Å²) in [7, 11) is 0. The van der Waals surface area contributed by atoms with E-state index in [4.69, 9.17) is 0 Å². The molecule has 0 aliphatic heterocycles. The number of hydrogen-bond donors (Lipinski definition) is 4. The molecule has 0 bridgehead atoms. The fourth-order valence-electron chi connectivity index (χ4n) is 8.39. The minimum atomic E-state index is -1.18. The molecule has 0 radical (unpaired) electrons. The molecule has 5 heteroatoms. The Bertz CT molecular complexity index is 868. The van der Waals surface area contributed by atoms with Gasteiger partial charge in [0.2, 0.25) is 5.56 Å². The molecule has 1 aromatic rings. The molecule has 160 valence electrons. The smallest absolute Gasteiger partial charge is 0.248 e. The summed E-state index contributed by atoms with van der Waals surface area (Å²) in [5.41, 5.74) is -2.16. The highest BCUT2D eigenvalue weighted by Gasteiger charge is 2.72. The number of aliphatic hydroxyl groups excluding tert-OH is 1. The van der Waals surface area contributed by atoms with Crippen LogP contribution in [0.5, 0.6) is 0 Å². The minimum Gasteiger partial charge on any atom is -0.393 e. The van der Waals surface area contributed by atoms with Crippen molar-refractivity contribution in [3.8, 4) is 0 Å². The molecule has 3 unspecified atom stereocenters. The average molecular weight is 402 g/mol. The standard InChI is InChI=1S/C24H35NO4/c1-21-8-5-17(26)13-15(21)3-4-19-18(21)6-9-22(2)23(28,10-11-24(19,22)29)16-7-12-25-20(27)14-16/h7,12,14-15,17-19,26,28-29H,3-6,8-11,13H2,1-2H3,(H,25,27)/t15?,17?,18-,19-,21+,22-,23?,24-/m1/s1. The Morgan fingerprint density at radius 1 is 1.00 bits per heavy atom. The lowest BCUT2D eigenvalue weighted by Crippen LogP contribution is -2.64. The zero-order chi connectivity index (χ0) is 20.7. The first kappa shape index (κ1) is 19.8. The monoisotopic (exact) mass is 401 g/mol. The lowest BCUT2D eigenvalue weighted by Gasteiger charge is -2.64. The molecule has 1 aromatic heterocycles. The Kier molecular flexibility index (Phi) is 4.21. The predicted molar refractivity (Wildman–Crippen MR) is 110 cm³/mol. The highest BCUT2D eigenvalue weighted by atomic mass is 16.3. The Morgan fingerprint density at radius 3 is 2.55 bits per heavy atom. The Morgan fingerprint density at radius 2 is 1.79 bits per heavy atom. The van der Waals surface area contributed by atoms with E-state index in [-0.39, 0.29) is 23.0 Å². The number of fused-ring (bicyclic) bond motifs is 5. The van der Waals surface area contributed by atoms with Crippen LogP contribution in [0.25, 0.3) is 0 Å². The Labute approximate surface area is 172 Å². The van der Waals surface area contributed by atoms with E-state index >= 15 is 0 Å². The summed E-state index contributed by atoms with van der Waals surface area (Å²) in [5, 5.41) is 34.3. The largest absolute Gasteiger partial charge is 0.393 e. The van der Waals surface area contributed by atoms with E-state index in [1.165, 1.54) is 6.07 Å². The number of hydrogen-bond acceptors (Lipinski definition) is 4. The summed E-state index contributed by atoms with van der Waals surface area (Å²) in [6.45, 7) is 4.45. The molecule has 5 nitrogen and oxygen atoms in total. The summed E-state index contributed by atoms with van der Waals surface area (Å²) in [4.78, 5) is 14.6. The molecule has 0 aromatic carbocycles. The molecule has 4 aliphatic rings. The molecule has 4 saturated carbocycles. The van der Waals surface area contributed by atoms with E-state index in [9.17, 15) is 20.1 Å². The molecule has 0 spiro atoms. The average Bonchev–Trinajstić information content (AvgIpc) is 2.91. The van der Waals surface area contributed by atoms with Gasteiger partial charge in [-0.25, -0.2) is 0 Å². The third-order valence-corrected chi connectivity index (χ3v) is 10.2. The van der Waals surface area contributed by atoms with Crippen molar-refractivity contribution in [2.24, 2.45) is 28.6 Å². The van der Waals surface area contributed by atoms with E-state index in [0.29, 0.717) is 30.2 Å². The van der Waals surface area contributed by atoms with Gasteiger partial charge in [-0.15, -0.1) is 0 Å². The summed E-state index contributed by atoms with van der Waals surface area (Å²) < 4.78 is 0. The van der Waals surface area contributed by atoms with Crippen molar-refractivity contribution in [2.45, 2.75) is 88.9 Å². The van der Waals surface area contributed by atoms with Crippen LogP contribution < -0.4 is 5.56 Å². The molecule has 4 N–H and O–H groups in total. The molecule has 8 atom stereocenters. The highest BCUT2D eigenvalue weighted by molar-refractivity contribution is 5.31. The van der Waals surface area contributed by atoms with Gasteiger partial charge in [0.15, 0.2) is 0 Å². The third kappa shape index (κ3) is 2.41. The van der Waals surface area contributed by atoms with Gasteiger partial charge in [0, 0.05) is 17.7 Å². The maximum absolute atomic E-state index is 12.2. The Balaban J connectivity index is 1.53. The van der Waals surface area contributed by atoms with Crippen LogP contribution in [0.2, 0.25) is 0 Å². The van der Waals surface area contributed by atoms with Gasteiger partial charge in [0.25, 0.3) is 0 Å². The van der Waals surface area contributed by atoms with Gasteiger partial charge in [0.1, 0.15) is 0 Å². The normalized spacial score (nSPS) is 51.8. The molecular formula is C24H35NO4. The van der Waals surface area contributed by atoms with Gasteiger partial charge in [0.05, 0.1) is 17.3 Å². The lowest BCUT2D eigenvalue weighted by molar-refractivity contribution is -0.238. The first-order chi connectivity index (χ1) is 13.6. The number of pyridine rings is 1. The van der Waals surface area contributed by atoms with Crippen LogP contribution >= 0.6 is 0 Å². The van der Waals surface area contributed by atoms with Gasteiger partial charge in [-0.05, 0) is 92.6 Å². The van der Waals surface area contributed by atoms with Gasteiger partial charge < -0.3 is 20.3 Å². The molecule has 0 amide bonds. The van der Waals surface area contributed by atoms with Crippen molar-refractivity contribution in [1.82, 2.24) is 4.98 Å². The highest BCUT2D eigenvalue weighted by Crippen LogP contribution is 2.71. The van der Waals surface area contributed by atoms with E-state index in [0.717, 1.165) is 44.9 Å². The number of aromatic nitrogens is 1. The molecule has 5 rings (SSSR count). The maximum Gasteiger partial charge on any atom is 0.248 e. The predicted octanol–water partition coefficient (Wildman–Crippen LogP) is 3.08. The van der Waals surface area contributed by atoms with Crippen LogP contribution in [-0.4, -0.2) is 32.0 Å². The fourth-order valence-corrected chi connectivity index (χ4v) is 8.39. The van der Waals surface area contributed by atoms with Crippen LogP contribution in [0.1, 0.15) is 77.2 Å².